The van der Waals surface area contributed by atoms with Gasteiger partial charge < -0.3 is 19.5 Å². The molecule has 2 amide bonds. The van der Waals surface area contributed by atoms with Gasteiger partial charge >= 0.3 is 0 Å². The van der Waals surface area contributed by atoms with Gasteiger partial charge in [-0.15, -0.1) is 0 Å². The fourth-order valence-corrected chi connectivity index (χ4v) is 4.62. The normalized spacial score (nSPS) is 17.8. The summed E-state index contributed by atoms with van der Waals surface area (Å²) in [6.45, 7) is 2.72. The number of carbonyl (C=O) groups excluding carboxylic acids is 2. The predicted octanol–water partition coefficient (Wildman–Crippen LogP) is 3.53. The molecule has 1 unspecified atom stereocenters. The molecule has 1 aliphatic heterocycles. The minimum atomic E-state index is -0.712. The van der Waals surface area contributed by atoms with Crippen LogP contribution < -0.4 is 15.6 Å². The van der Waals surface area contributed by atoms with Crippen molar-refractivity contribution in [1.29, 1.82) is 0 Å². The lowest BCUT2D eigenvalue weighted by molar-refractivity contribution is 0.0639. The van der Waals surface area contributed by atoms with E-state index in [1.165, 1.54) is 30.2 Å². The smallest absolute Gasteiger partial charge is 0.296 e. The number of rotatable bonds is 5. The summed E-state index contributed by atoms with van der Waals surface area (Å²) in [7, 11) is 2.87. The average Bonchev–Trinajstić information content (AvgIpc) is 3.34. The number of ether oxygens (including phenoxy) is 1. The fraction of sp³-hybridized carbons (Fsp3) is 0.348. The van der Waals surface area contributed by atoms with Crippen LogP contribution in [0, 0.1) is 0 Å². The molecular formula is C23H23Cl2N5O5. The Labute approximate surface area is 210 Å². The summed E-state index contributed by atoms with van der Waals surface area (Å²) in [4.78, 5) is 45.6. The topological polar surface area (TPSA) is 120 Å². The number of nitrogens with zero attached hydrogens (tertiary/aromatic N) is 4. The van der Waals surface area contributed by atoms with Crippen molar-refractivity contribution in [1.82, 2.24) is 19.6 Å². The van der Waals surface area contributed by atoms with E-state index in [0.29, 0.717) is 46.5 Å². The van der Waals surface area contributed by atoms with Crippen molar-refractivity contribution >= 4 is 40.7 Å². The highest BCUT2D eigenvalue weighted by molar-refractivity contribution is 6.42. The molecule has 1 fully saturated rings. The van der Waals surface area contributed by atoms with Crippen LogP contribution >= 0.6 is 23.2 Å². The Morgan fingerprint density at radius 2 is 2.03 bits per heavy atom. The van der Waals surface area contributed by atoms with E-state index >= 15 is 0 Å². The maximum Gasteiger partial charge on any atom is 0.296 e. The second kappa shape index (κ2) is 9.71. The number of hydrogen-bond donors (Lipinski definition) is 1. The second-order valence-electron chi connectivity index (χ2n) is 8.57. The summed E-state index contributed by atoms with van der Waals surface area (Å²) in [6.07, 6.45) is 3.90. The van der Waals surface area contributed by atoms with E-state index in [0.717, 1.165) is 0 Å². The number of likely N-dealkylation sites (tertiary alicyclic amines) is 1. The number of carbonyl (C=O) groups is 2. The van der Waals surface area contributed by atoms with E-state index in [1.807, 2.05) is 6.92 Å². The zero-order valence-electron chi connectivity index (χ0n) is 19.3. The molecule has 1 aliphatic rings. The third kappa shape index (κ3) is 4.76. The number of amides is 2. The number of anilines is 1. The van der Waals surface area contributed by atoms with Gasteiger partial charge in [0.25, 0.3) is 17.4 Å². The van der Waals surface area contributed by atoms with Gasteiger partial charge in [0.1, 0.15) is 17.8 Å². The maximum absolute atomic E-state index is 13.2. The summed E-state index contributed by atoms with van der Waals surface area (Å²) in [5.41, 5.74) is -0.670. The van der Waals surface area contributed by atoms with Gasteiger partial charge in [-0.3, -0.25) is 19.0 Å². The van der Waals surface area contributed by atoms with Crippen molar-refractivity contribution in [2.75, 3.05) is 25.5 Å². The SMILES string of the molecule is COc1c(C(=O)Nc2cnoc2)nc(C2(C)CCCN(C(=O)c3ccc(Cl)c(Cl)c3)C2)n(C)c1=O. The zero-order chi connectivity index (χ0) is 25.3. The monoisotopic (exact) mass is 519 g/mol. The molecule has 1 aromatic carbocycles. The number of methoxy groups -OCH3 is 1. The number of hydrogen-bond acceptors (Lipinski definition) is 7. The van der Waals surface area contributed by atoms with Crippen molar-refractivity contribution < 1.29 is 18.8 Å². The molecule has 10 nitrogen and oxygen atoms in total. The Hall–Kier alpha value is -3.37. The highest BCUT2D eigenvalue weighted by atomic mass is 35.5. The highest BCUT2D eigenvalue weighted by Crippen LogP contribution is 2.34. The Morgan fingerprint density at radius 1 is 1.26 bits per heavy atom. The third-order valence-corrected chi connectivity index (χ3v) is 6.79. The predicted molar refractivity (Wildman–Crippen MR) is 129 cm³/mol. The summed E-state index contributed by atoms with van der Waals surface area (Å²) in [5, 5.41) is 6.79. The first-order valence-electron chi connectivity index (χ1n) is 10.7. The van der Waals surface area contributed by atoms with Crippen molar-refractivity contribution in [3.05, 3.63) is 68.1 Å². The summed E-state index contributed by atoms with van der Waals surface area (Å²) in [5.74, 6) is -0.677. The van der Waals surface area contributed by atoms with Crippen LogP contribution in [0.2, 0.25) is 10.0 Å². The first-order chi connectivity index (χ1) is 16.6. The molecule has 0 spiro atoms. The number of benzene rings is 1. The molecule has 1 N–H and O–H groups in total. The van der Waals surface area contributed by atoms with Gasteiger partial charge in [0.05, 0.1) is 23.4 Å². The molecule has 184 valence electrons. The Kier molecular flexibility index (Phi) is 6.86. The molecule has 0 radical (unpaired) electrons. The van der Waals surface area contributed by atoms with Crippen LogP contribution in [0.15, 0.2) is 40.0 Å². The van der Waals surface area contributed by atoms with E-state index in [2.05, 4.69) is 15.5 Å². The van der Waals surface area contributed by atoms with Crippen LogP contribution in [0.4, 0.5) is 5.69 Å². The zero-order valence-corrected chi connectivity index (χ0v) is 20.8. The van der Waals surface area contributed by atoms with Crippen LogP contribution in [0.5, 0.6) is 5.75 Å². The first-order valence-corrected chi connectivity index (χ1v) is 11.5. The first kappa shape index (κ1) is 24.7. The molecule has 0 aliphatic carbocycles. The van der Waals surface area contributed by atoms with Crippen molar-refractivity contribution in [2.45, 2.75) is 25.2 Å². The average molecular weight is 520 g/mol. The van der Waals surface area contributed by atoms with Gasteiger partial charge in [0.2, 0.25) is 5.75 Å². The molecular weight excluding hydrogens is 497 g/mol. The molecule has 0 bridgehead atoms. The number of halogens is 2. The summed E-state index contributed by atoms with van der Waals surface area (Å²) in [6, 6.07) is 4.74. The molecule has 3 heterocycles. The minimum Gasteiger partial charge on any atom is -0.489 e. The van der Waals surface area contributed by atoms with Crippen LogP contribution in [0.3, 0.4) is 0 Å². The molecule has 1 atom stereocenters. The van der Waals surface area contributed by atoms with Gasteiger partial charge in [-0.05, 0) is 31.0 Å². The lowest BCUT2D eigenvalue weighted by Crippen LogP contribution is -2.49. The standard InChI is InChI=1S/C23H23Cl2N5O5/c1-23(7-4-8-30(12-23)20(32)13-5-6-15(24)16(25)9-13)22-28-17(18(34-3)21(33)29(22)2)19(31)27-14-10-26-35-11-14/h5-6,9-11H,4,7-8,12H2,1-3H3,(H,27,31). The van der Waals surface area contributed by atoms with Gasteiger partial charge in [0.15, 0.2) is 5.69 Å². The molecule has 35 heavy (non-hydrogen) atoms. The number of aromatic nitrogens is 3. The van der Waals surface area contributed by atoms with E-state index < -0.39 is 16.9 Å². The molecule has 2 aromatic heterocycles. The van der Waals surface area contributed by atoms with Gasteiger partial charge in [-0.25, -0.2) is 4.98 Å². The molecule has 1 saturated heterocycles. The third-order valence-electron chi connectivity index (χ3n) is 6.05. The molecule has 3 aromatic rings. The van der Waals surface area contributed by atoms with Crippen molar-refractivity contribution in [2.24, 2.45) is 7.05 Å². The van der Waals surface area contributed by atoms with Crippen LogP contribution in [0.1, 0.15) is 46.4 Å². The van der Waals surface area contributed by atoms with Gasteiger partial charge in [-0.1, -0.05) is 35.3 Å². The fourth-order valence-electron chi connectivity index (χ4n) is 4.32. The highest BCUT2D eigenvalue weighted by Gasteiger charge is 2.39. The lowest BCUT2D eigenvalue weighted by Gasteiger charge is -2.40. The molecule has 4 rings (SSSR count). The summed E-state index contributed by atoms with van der Waals surface area (Å²) < 4.78 is 11.3. The Balaban J connectivity index is 1.70. The lowest BCUT2D eigenvalue weighted by atomic mass is 9.80. The molecule has 12 heteroatoms. The summed E-state index contributed by atoms with van der Waals surface area (Å²) >= 11 is 12.1. The largest absolute Gasteiger partial charge is 0.489 e. The Bertz CT molecular complexity index is 1340. The van der Waals surface area contributed by atoms with Crippen LogP contribution in [-0.4, -0.2) is 51.6 Å². The number of piperidine rings is 1. The Morgan fingerprint density at radius 3 is 2.69 bits per heavy atom. The van der Waals surface area contributed by atoms with E-state index in [-0.39, 0.29) is 23.9 Å². The van der Waals surface area contributed by atoms with Crippen LogP contribution in [-0.2, 0) is 12.5 Å². The van der Waals surface area contributed by atoms with E-state index in [9.17, 15) is 14.4 Å². The number of nitrogens with one attached hydrogen (secondary N) is 1. The quantitative estimate of drug-likeness (QED) is 0.547. The van der Waals surface area contributed by atoms with Crippen LogP contribution in [0.25, 0.3) is 0 Å². The van der Waals surface area contributed by atoms with Crippen molar-refractivity contribution in [3.8, 4) is 5.75 Å². The molecule has 0 saturated carbocycles. The minimum absolute atomic E-state index is 0.166. The second-order valence-corrected chi connectivity index (χ2v) is 9.38. The van der Waals surface area contributed by atoms with E-state index in [4.69, 9.17) is 32.5 Å². The van der Waals surface area contributed by atoms with E-state index in [1.54, 1.807) is 24.1 Å². The van der Waals surface area contributed by atoms with Gasteiger partial charge in [0, 0.05) is 31.1 Å². The maximum atomic E-state index is 13.2. The van der Waals surface area contributed by atoms with Gasteiger partial charge in [-0.2, -0.15) is 0 Å². The van der Waals surface area contributed by atoms with Crippen molar-refractivity contribution in [3.63, 3.8) is 0 Å².